The van der Waals surface area contributed by atoms with Gasteiger partial charge in [0.15, 0.2) is 0 Å². The zero-order chi connectivity index (χ0) is 27.6. The van der Waals surface area contributed by atoms with Gasteiger partial charge in [-0.25, -0.2) is 9.59 Å². The molecule has 0 saturated carbocycles. The molecular weight excluding hydrogens is 478 g/mol. The minimum absolute atomic E-state index is 0.0824. The SMILES string of the molecule is CC(C)(C)OC(=O)N1CCCN(c2ccc([N+](=O)[O-])cc2)CC1.CC(C)(C)OC(=O)N1CCCNCC1. The van der Waals surface area contributed by atoms with Crippen molar-refractivity contribution in [3.8, 4) is 0 Å². The fraction of sp³-hybridized carbons (Fsp3) is 0.692. The summed E-state index contributed by atoms with van der Waals surface area (Å²) in [5, 5.41) is 14.0. The normalized spacial score (nSPS) is 17.1. The first-order chi connectivity index (χ1) is 17.2. The molecule has 0 spiro atoms. The number of hydrogen-bond donors (Lipinski definition) is 1. The van der Waals surface area contributed by atoms with Crippen molar-refractivity contribution in [2.45, 2.75) is 65.6 Å². The number of nitro groups is 1. The summed E-state index contributed by atoms with van der Waals surface area (Å²) in [6, 6.07) is 6.51. The Hall–Kier alpha value is -3.08. The van der Waals surface area contributed by atoms with E-state index in [-0.39, 0.29) is 17.9 Å². The second-order valence-electron chi connectivity index (χ2n) is 11.2. The zero-order valence-electron chi connectivity index (χ0n) is 23.1. The highest BCUT2D eigenvalue weighted by molar-refractivity contribution is 5.68. The Bertz CT molecular complexity index is 886. The van der Waals surface area contributed by atoms with E-state index in [2.05, 4.69) is 10.2 Å². The van der Waals surface area contributed by atoms with Crippen molar-refractivity contribution < 1.29 is 24.0 Å². The molecule has 2 saturated heterocycles. The van der Waals surface area contributed by atoms with Crippen molar-refractivity contribution in [3.63, 3.8) is 0 Å². The monoisotopic (exact) mass is 521 g/mol. The molecule has 2 fully saturated rings. The van der Waals surface area contributed by atoms with Gasteiger partial charge in [0, 0.05) is 63.6 Å². The molecule has 2 aliphatic rings. The van der Waals surface area contributed by atoms with Gasteiger partial charge < -0.3 is 29.5 Å². The quantitative estimate of drug-likeness (QED) is 0.453. The van der Waals surface area contributed by atoms with Crippen molar-refractivity contribution in [2.24, 2.45) is 0 Å². The number of carbonyl (C=O) groups is 2. The second kappa shape index (κ2) is 13.5. The summed E-state index contributed by atoms with van der Waals surface area (Å²) >= 11 is 0. The average molecular weight is 522 g/mol. The molecule has 0 aliphatic carbocycles. The number of nitrogens with zero attached hydrogens (tertiary/aromatic N) is 4. The Morgan fingerprint density at radius 1 is 0.784 bits per heavy atom. The first-order valence-electron chi connectivity index (χ1n) is 12.9. The van der Waals surface area contributed by atoms with Crippen LogP contribution in [0.4, 0.5) is 21.0 Å². The first kappa shape index (κ1) is 30.1. The van der Waals surface area contributed by atoms with E-state index >= 15 is 0 Å². The molecule has 37 heavy (non-hydrogen) atoms. The van der Waals surface area contributed by atoms with Crippen molar-refractivity contribution in [2.75, 3.05) is 57.3 Å². The van der Waals surface area contributed by atoms with Crippen LogP contribution >= 0.6 is 0 Å². The highest BCUT2D eigenvalue weighted by atomic mass is 16.6. The van der Waals surface area contributed by atoms with Gasteiger partial charge in [-0.15, -0.1) is 0 Å². The molecule has 1 aromatic rings. The van der Waals surface area contributed by atoms with E-state index in [1.54, 1.807) is 21.9 Å². The van der Waals surface area contributed by atoms with Gasteiger partial charge in [-0.1, -0.05) is 0 Å². The maximum absolute atomic E-state index is 12.1. The summed E-state index contributed by atoms with van der Waals surface area (Å²) in [6.07, 6.45) is 1.35. The van der Waals surface area contributed by atoms with Gasteiger partial charge in [-0.05, 0) is 73.1 Å². The molecule has 1 N–H and O–H groups in total. The second-order valence-corrected chi connectivity index (χ2v) is 11.2. The molecule has 2 amide bonds. The Morgan fingerprint density at radius 3 is 1.86 bits per heavy atom. The van der Waals surface area contributed by atoms with Crippen LogP contribution in [0.2, 0.25) is 0 Å². The standard InChI is InChI=1S/C16H23N3O4.C10H20N2O2/c1-16(2,3)23-15(20)18-10-4-9-17(11-12-18)13-5-7-14(8-6-13)19(21)22;1-10(2,3)14-9(13)12-7-4-5-11-6-8-12/h5-8H,4,9-12H2,1-3H3;11H,4-8H2,1-3H3. The molecule has 3 rings (SSSR count). The van der Waals surface area contributed by atoms with Crippen molar-refractivity contribution in [1.29, 1.82) is 0 Å². The lowest BCUT2D eigenvalue weighted by molar-refractivity contribution is -0.384. The molecule has 2 heterocycles. The van der Waals surface area contributed by atoms with Crippen molar-refractivity contribution >= 4 is 23.6 Å². The topological polar surface area (TPSA) is 117 Å². The number of benzene rings is 1. The van der Waals surface area contributed by atoms with E-state index in [4.69, 9.17) is 9.47 Å². The minimum atomic E-state index is -0.499. The van der Waals surface area contributed by atoms with Crippen LogP contribution in [0.1, 0.15) is 54.4 Å². The van der Waals surface area contributed by atoms with E-state index < -0.39 is 16.1 Å². The van der Waals surface area contributed by atoms with Crippen LogP contribution < -0.4 is 10.2 Å². The fourth-order valence-corrected chi connectivity index (χ4v) is 3.82. The summed E-state index contributed by atoms with van der Waals surface area (Å²) in [5.41, 5.74) is 0.124. The molecule has 208 valence electrons. The van der Waals surface area contributed by atoms with Crippen molar-refractivity contribution in [3.05, 3.63) is 34.4 Å². The van der Waals surface area contributed by atoms with Crippen LogP contribution in [-0.4, -0.2) is 90.5 Å². The van der Waals surface area contributed by atoms with Crippen LogP contribution in [-0.2, 0) is 9.47 Å². The number of nitrogens with one attached hydrogen (secondary N) is 1. The lowest BCUT2D eigenvalue weighted by Gasteiger charge is -2.26. The third-order valence-corrected chi connectivity index (χ3v) is 5.57. The Balaban J connectivity index is 0.000000294. The number of hydrogen-bond acceptors (Lipinski definition) is 8. The highest BCUT2D eigenvalue weighted by Crippen LogP contribution is 2.21. The summed E-state index contributed by atoms with van der Waals surface area (Å²) in [5.74, 6) is 0. The summed E-state index contributed by atoms with van der Waals surface area (Å²) < 4.78 is 10.7. The van der Waals surface area contributed by atoms with Gasteiger partial charge in [0.25, 0.3) is 5.69 Å². The van der Waals surface area contributed by atoms with Gasteiger partial charge in [0.2, 0.25) is 0 Å². The Kier molecular flexibility index (Phi) is 11.0. The van der Waals surface area contributed by atoms with Crippen LogP contribution in [0.3, 0.4) is 0 Å². The van der Waals surface area contributed by atoms with E-state index in [9.17, 15) is 19.7 Å². The molecule has 1 aromatic carbocycles. The summed E-state index contributed by atoms with van der Waals surface area (Å²) in [7, 11) is 0. The van der Waals surface area contributed by atoms with Gasteiger partial charge in [-0.2, -0.15) is 0 Å². The molecule has 0 aromatic heterocycles. The fourth-order valence-electron chi connectivity index (χ4n) is 3.82. The summed E-state index contributed by atoms with van der Waals surface area (Å²) in [4.78, 5) is 39.7. The lowest BCUT2D eigenvalue weighted by atomic mass is 10.2. The smallest absolute Gasteiger partial charge is 0.410 e. The highest BCUT2D eigenvalue weighted by Gasteiger charge is 2.25. The molecular formula is C26H43N5O6. The molecule has 0 atom stereocenters. The molecule has 11 nitrogen and oxygen atoms in total. The maximum Gasteiger partial charge on any atom is 0.410 e. The third-order valence-electron chi connectivity index (χ3n) is 5.57. The maximum atomic E-state index is 12.1. The van der Waals surface area contributed by atoms with Gasteiger partial charge in [0.1, 0.15) is 11.2 Å². The predicted molar refractivity (Wildman–Crippen MR) is 143 cm³/mol. The lowest BCUT2D eigenvalue weighted by Crippen LogP contribution is -2.39. The molecule has 0 radical (unpaired) electrons. The number of amides is 2. The Morgan fingerprint density at radius 2 is 1.32 bits per heavy atom. The third kappa shape index (κ3) is 11.2. The molecule has 0 bridgehead atoms. The van der Waals surface area contributed by atoms with E-state index in [0.717, 1.165) is 51.3 Å². The van der Waals surface area contributed by atoms with Gasteiger partial charge >= 0.3 is 12.2 Å². The Labute approximate surface area is 220 Å². The molecule has 2 aliphatic heterocycles. The van der Waals surface area contributed by atoms with Crippen LogP contribution in [0, 0.1) is 10.1 Å². The largest absolute Gasteiger partial charge is 0.444 e. The van der Waals surface area contributed by atoms with Crippen LogP contribution in [0.25, 0.3) is 0 Å². The van der Waals surface area contributed by atoms with Gasteiger partial charge in [-0.3, -0.25) is 10.1 Å². The number of carbonyl (C=O) groups excluding carboxylic acids is 2. The first-order valence-corrected chi connectivity index (χ1v) is 12.9. The number of non-ortho nitro benzene ring substituents is 1. The minimum Gasteiger partial charge on any atom is -0.444 e. The van der Waals surface area contributed by atoms with Crippen LogP contribution in [0.15, 0.2) is 24.3 Å². The number of nitro benzene ring substituents is 1. The number of anilines is 1. The van der Waals surface area contributed by atoms with Crippen molar-refractivity contribution in [1.82, 2.24) is 15.1 Å². The summed E-state index contributed by atoms with van der Waals surface area (Å²) in [6.45, 7) is 17.3. The van der Waals surface area contributed by atoms with E-state index in [1.165, 1.54) is 12.1 Å². The zero-order valence-corrected chi connectivity index (χ0v) is 23.1. The predicted octanol–water partition coefficient (Wildman–Crippen LogP) is 4.26. The number of ether oxygens (including phenoxy) is 2. The molecule has 0 unspecified atom stereocenters. The average Bonchev–Trinajstić information content (AvgIpc) is 3.21. The number of rotatable bonds is 2. The van der Waals surface area contributed by atoms with E-state index in [1.807, 2.05) is 41.5 Å². The van der Waals surface area contributed by atoms with Gasteiger partial charge in [0.05, 0.1) is 4.92 Å². The van der Waals surface area contributed by atoms with E-state index in [0.29, 0.717) is 19.6 Å². The molecule has 11 heteroatoms. The van der Waals surface area contributed by atoms with Crippen LogP contribution in [0.5, 0.6) is 0 Å².